The zero-order chi connectivity index (χ0) is 11.5. The predicted octanol–water partition coefficient (Wildman–Crippen LogP) is 3.16. The van der Waals surface area contributed by atoms with Gasteiger partial charge in [0.2, 0.25) is 0 Å². The lowest BCUT2D eigenvalue weighted by Gasteiger charge is -2.22. The summed E-state index contributed by atoms with van der Waals surface area (Å²) < 4.78 is 26.6. The van der Waals surface area contributed by atoms with Gasteiger partial charge in [-0.25, -0.2) is 8.78 Å². The lowest BCUT2D eigenvalue weighted by molar-refractivity contribution is 0.368. The molecule has 16 heavy (non-hydrogen) atoms. The summed E-state index contributed by atoms with van der Waals surface area (Å²) in [5.41, 5.74) is 0.526. The molecule has 1 fully saturated rings. The lowest BCUT2D eigenvalue weighted by Crippen LogP contribution is -2.28. The molecule has 1 aromatic rings. The molecule has 1 saturated heterocycles. The third-order valence-corrected chi connectivity index (χ3v) is 3.43. The highest BCUT2D eigenvalue weighted by atomic mass is 35.5. The Morgan fingerprint density at radius 2 is 1.94 bits per heavy atom. The van der Waals surface area contributed by atoms with Gasteiger partial charge in [0.15, 0.2) is 0 Å². The molecular formula is C12H14ClF2N. The van der Waals surface area contributed by atoms with E-state index in [4.69, 9.17) is 11.6 Å². The second-order valence-electron chi connectivity index (χ2n) is 4.23. The van der Waals surface area contributed by atoms with Crippen molar-refractivity contribution in [3.63, 3.8) is 0 Å². The van der Waals surface area contributed by atoms with Gasteiger partial charge >= 0.3 is 0 Å². The first-order chi connectivity index (χ1) is 7.68. The van der Waals surface area contributed by atoms with Gasteiger partial charge in [-0.05, 0) is 49.9 Å². The Morgan fingerprint density at radius 3 is 2.62 bits per heavy atom. The Hall–Kier alpha value is -0.670. The van der Waals surface area contributed by atoms with Crippen LogP contribution < -0.4 is 5.32 Å². The quantitative estimate of drug-likeness (QED) is 0.790. The monoisotopic (exact) mass is 245 g/mol. The van der Waals surface area contributed by atoms with E-state index in [1.165, 1.54) is 12.1 Å². The van der Waals surface area contributed by atoms with Crippen molar-refractivity contribution in [2.75, 3.05) is 13.1 Å². The van der Waals surface area contributed by atoms with Gasteiger partial charge in [0, 0.05) is 0 Å². The van der Waals surface area contributed by atoms with Gasteiger partial charge in [-0.15, -0.1) is 0 Å². The molecule has 0 aliphatic carbocycles. The van der Waals surface area contributed by atoms with Crippen LogP contribution in [0.4, 0.5) is 8.78 Å². The number of hydrogen-bond acceptors (Lipinski definition) is 1. The van der Waals surface area contributed by atoms with E-state index in [9.17, 15) is 8.78 Å². The van der Waals surface area contributed by atoms with Crippen molar-refractivity contribution in [2.45, 2.75) is 19.3 Å². The fraction of sp³-hybridized carbons (Fsp3) is 0.500. The second-order valence-corrected chi connectivity index (χ2v) is 4.61. The molecule has 4 heteroatoms. The number of halogens is 3. The zero-order valence-electron chi connectivity index (χ0n) is 8.90. The topological polar surface area (TPSA) is 12.0 Å². The first-order valence-corrected chi connectivity index (χ1v) is 5.89. The first-order valence-electron chi connectivity index (χ1n) is 5.51. The van der Waals surface area contributed by atoms with Crippen molar-refractivity contribution in [1.82, 2.24) is 5.32 Å². The fourth-order valence-electron chi connectivity index (χ4n) is 2.12. The Balaban J connectivity index is 2.11. The molecule has 0 unspecified atom stereocenters. The molecule has 0 aromatic heterocycles. The molecule has 1 N–H and O–H groups in total. The third-order valence-electron chi connectivity index (χ3n) is 3.08. The summed E-state index contributed by atoms with van der Waals surface area (Å²) >= 11 is 5.54. The lowest BCUT2D eigenvalue weighted by atomic mass is 9.91. The van der Waals surface area contributed by atoms with Crippen molar-refractivity contribution in [1.29, 1.82) is 0 Å². The molecule has 0 bridgehead atoms. The number of benzene rings is 1. The van der Waals surface area contributed by atoms with Crippen LogP contribution in [0.1, 0.15) is 18.4 Å². The third kappa shape index (κ3) is 2.53. The maximum absolute atomic E-state index is 13.6. The maximum Gasteiger partial charge on any atom is 0.147 e. The molecule has 0 spiro atoms. The van der Waals surface area contributed by atoms with Crippen LogP contribution in [0, 0.1) is 17.6 Å². The Bertz CT molecular complexity index is 376. The number of piperidine rings is 1. The van der Waals surface area contributed by atoms with E-state index in [1.807, 2.05) is 0 Å². The van der Waals surface area contributed by atoms with Gasteiger partial charge < -0.3 is 5.32 Å². The summed E-state index contributed by atoms with van der Waals surface area (Å²) in [6, 6.07) is 2.74. The average molecular weight is 246 g/mol. The van der Waals surface area contributed by atoms with Gasteiger partial charge in [0.1, 0.15) is 16.7 Å². The summed E-state index contributed by atoms with van der Waals surface area (Å²) in [5.74, 6) is -0.814. The van der Waals surface area contributed by atoms with Crippen LogP contribution in [0.5, 0.6) is 0 Å². The van der Waals surface area contributed by atoms with Crippen molar-refractivity contribution >= 4 is 11.6 Å². The summed E-state index contributed by atoms with van der Waals surface area (Å²) in [6.45, 7) is 1.95. The minimum Gasteiger partial charge on any atom is -0.317 e. The second kappa shape index (κ2) is 5.11. The highest BCUT2D eigenvalue weighted by molar-refractivity contribution is 6.30. The summed E-state index contributed by atoms with van der Waals surface area (Å²) in [4.78, 5) is 0. The average Bonchev–Trinajstić information content (AvgIpc) is 2.31. The van der Waals surface area contributed by atoms with Crippen LogP contribution in [-0.2, 0) is 6.42 Å². The molecule has 1 nitrogen and oxygen atoms in total. The molecule has 1 aliphatic heterocycles. The van der Waals surface area contributed by atoms with Crippen molar-refractivity contribution in [3.05, 3.63) is 34.4 Å². The number of hydrogen-bond donors (Lipinski definition) is 1. The van der Waals surface area contributed by atoms with Crippen LogP contribution in [-0.4, -0.2) is 13.1 Å². The fourth-order valence-corrected chi connectivity index (χ4v) is 2.30. The van der Waals surface area contributed by atoms with E-state index in [1.54, 1.807) is 0 Å². The van der Waals surface area contributed by atoms with Crippen LogP contribution in [0.25, 0.3) is 0 Å². The number of rotatable bonds is 2. The van der Waals surface area contributed by atoms with E-state index in [-0.39, 0.29) is 5.02 Å². The molecule has 0 radical (unpaired) electrons. The first kappa shape index (κ1) is 11.8. The van der Waals surface area contributed by atoms with Gasteiger partial charge in [0.05, 0.1) is 0 Å². The normalized spacial score (nSPS) is 17.7. The van der Waals surface area contributed by atoms with Gasteiger partial charge in [-0.3, -0.25) is 0 Å². The highest BCUT2D eigenvalue weighted by Crippen LogP contribution is 2.26. The minimum absolute atomic E-state index is 0.383. The molecule has 0 amide bonds. The minimum atomic E-state index is -0.687. The molecular weight excluding hydrogens is 232 g/mol. The summed E-state index contributed by atoms with van der Waals surface area (Å²) in [7, 11) is 0. The molecule has 0 saturated carbocycles. The van der Waals surface area contributed by atoms with Crippen LogP contribution in [0.15, 0.2) is 12.1 Å². The molecule has 1 aromatic carbocycles. The largest absolute Gasteiger partial charge is 0.317 e. The highest BCUT2D eigenvalue weighted by Gasteiger charge is 2.18. The van der Waals surface area contributed by atoms with Crippen molar-refractivity contribution < 1.29 is 8.78 Å². The molecule has 0 atom stereocenters. The van der Waals surface area contributed by atoms with E-state index in [0.29, 0.717) is 17.9 Å². The smallest absolute Gasteiger partial charge is 0.147 e. The van der Waals surface area contributed by atoms with Crippen molar-refractivity contribution in [3.8, 4) is 0 Å². The van der Waals surface area contributed by atoms with E-state index >= 15 is 0 Å². The van der Waals surface area contributed by atoms with Gasteiger partial charge in [-0.2, -0.15) is 0 Å². The van der Waals surface area contributed by atoms with E-state index in [2.05, 4.69) is 5.32 Å². The SMILES string of the molecule is Fc1ccc(CC2CCNCC2)c(F)c1Cl. The van der Waals surface area contributed by atoms with Crippen molar-refractivity contribution in [2.24, 2.45) is 5.92 Å². The predicted molar refractivity (Wildman–Crippen MR) is 60.7 cm³/mol. The molecule has 1 aliphatic rings. The Kier molecular flexibility index (Phi) is 3.77. The summed E-state index contributed by atoms with van der Waals surface area (Å²) in [5, 5.41) is 2.87. The van der Waals surface area contributed by atoms with Crippen LogP contribution in [0.2, 0.25) is 5.02 Å². The standard InChI is InChI=1S/C12H14ClF2N/c13-11-10(14)2-1-9(12(11)15)7-8-3-5-16-6-4-8/h1-2,8,16H,3-7H2. The Labute approximate surface area is 98.8 Å². The van der Waals surface area contributed by atoms with E-state index in [0.717, 1.165) is 25.9 Å². The zero-order valence-corrected chi connectivity index (χ0v) is 9.66. The van der Waals surface area contributed by atoms with Crippen LogP contribution >= 0.6 is 11.6 Å². The Morgan fingerprint density at radius 1 is 1.25 bits per heavy atom. The molecule has 1 heterocycles. The van der Waals surface area contributed by atoms with E-state index < -0.39 is 11.6 Å². The maximum atomic E-state index is 13.6. The molecule has 88 valence electrons. The van der Waals surface area contributed by atoms with Crippen LogP contribution in [0.3, 0.4) is 0 Å². The van der Waals surface area contributed by atoms with Gasteiger partial charge in [-0.1, -0.05) is 17.7 Å². The molecule has 2 rings (SSSR count). The van der Waals surface area contributed by atoms with Gasteiger partial charge in [0.25, 0.3) is 0 Å². The summed E-state index contributed by atoms with van der Waals surface area (Å²) in [6.07, 6.45) is 2.72. The number of nitrogens with one attached hydrogen (secondary N) is 1.